The average Bonchev–Trinajstić information content (AvgIpc) is 2.78. The molecule has 31 heavy (non-hydrogen) atoms. The van der Waals surface area contributed by atoms with Crippen molar-refractivity contribution in [3.8, 4) is 0 Å². The summed E-state index contributed by atoms with van der Waals surface area (Å²) in [6.45, 7) is 0.578. The third kappa shape index (κ3) is 5.13. The zero-order valence-corrected chi connectivity index (χ0v) is 16.8. The van der Waals surface area contributed by atoms with Crippen LogP contribution in [0.15, 0.2) is 54.9 Å². The fraction of sp³-hybridized carbons (Fsp3) is 0.348. The molecule has 2 aromatic heterocycles. The average molecular weight is 428 g/mol. The highest BCUT2D eigenvalue weighted by Crippen LogP contribution is 2.33. The van der Waals surface area contributed by atoms with Gasteiger partial charge in [-0.1, -0.05) is 18.2 Å². The minimum atomic E-state index is -4.50. The molecule has 3 aromatic rings. The van der Waals surface area contributed by atoms with Crippen molar-refractivity contribution >= 4 is 22.5 Å². The second-order valence-electron chi connectivity index (χ2n) is 7.88. The van der Waals surface area contributed by atoms with Crippen molar-refractivity contribution in [2.45, 2.75) is 37.9 Å². The SMILES string of the molecule is O=C(N[C@H]1CC[C@@H](CNc2cc(C(F)(F)F)nc3ccccc23)CC1)c1cccnc1. The normalized spacial score (nSPS) is 19.2. The van der Waals surface area contributed by atoms with Crippen molar-refractivity contribution in [1.82, 2.24) is 15.3 Å². The van der Waals surface area contributed by atoms with E-state index in [1.54, 1.807) is 48.8 Å². The molecule has 1 fully saturated rings. The van der Waals surface area contributed by atoms with E-state index >= 15 is 0 Å². The molecule has 162 valence electrons. The Morgan fingerprint density at radius 2 is 1.84 bits per heavy atom. The molecule has 0 unspecified atom stereocenters. The Hall–Kier alpha value is -3.16. The number of amides is 1. The van der Waals surface area contributed by atoms with Crippen LogP contribution in [0.4, 0.5) is 18.9 Å². The first-order valence-corrected chi connectivity index (χ1v) is 10.3. The van der Waals surface area contributed by atoms with Crippen molar-refractivity contribution in [2.24, 2.45) is 5.92 Å². The van der Waals surface area contributed by atoms with Crippen LogP contribution in [0, 0.1) is 5.92 Å². The molecule has 0 saturated heterocycles. The first-order valence-electron chi connectivity index (χ1n) is 10.3. The second kappa shape index (κ2) is 8.91. The van der Waals surface area contributed by atoms with Gasteiger partial charge in [0.25, 0.3) is 5.91 Å². The van der Waals surface area contributed by atoms with Gasteiger partial charge in [0, 0.05) is 36.1 Å². The molecule has 2 heterocycles. The zero-order chi connectivity index (χ0) is 21.8. The van der Waals surface area contributed by atoms with E-state index in [4.69, 9.17) is 0 Å². The number of rotatable bonds is 5. The van der Waals surface area contributed by atoms with Crippen molar-refractivity contribution in [2.75, 3.05) is 11.9 Å². The summed E-state index contributed by atoms with van der Waals surface area (Å²) < 4.78 is 39.7. The Bertz CT molecular complexity index is 1050. The number of pyridine rings is 2. The molecule has 2 N–H and O–H groups in total. The lowest BCUT2D eigenvalue weighted by atomic mass is 9.86. The van der Waals surface area contributed by atoms with E-state index in [0.717, 1.165) is 31.7 Å². The van der Waals surface area contributed by atoms with Crippen LogP contribution in [-0.4, -0.2) is 28.5 Å². The molecule has 0 spiro atoms. The third-order valence-electron chi connectivity index (χ3n) is 5.69. The monoisotopic (exact) mass is 428 g/mol. The molecule has 8 heteroatoms. The van der Waals surface area contributed by atoms with E-state index in [1.165, 1.54) is 0 Å². The number of alkyl halides is 3. The zero-order valence-electron chi connectivity index (χ0n) is 16.8. The number of halogens is 3. The van der Waals surface area contributed by atoms with E-state index in [0.29, 0.717) is 34.6 Å². The van der Waals surface area contributed by atoms with Crippen LogP contribution in [0.3, 0.4) is 0 Å². The Morgan fingerprint density at radius 1 is 1.06 bits per heavy atom. The highest BCUT2D eigenvalue weighted by Gasteiger charge is 2.33. The maximum atomic E-state index is 13.2. The number of hydrogen-bond donors (Lipinski definition) is 2. The van der Waals surface area contributed by atoms with E-state index in [-0.39, 0.29) is 11.9 Å². The lowest BCUT2D eigenvalue weighted by Gasteiger charge is -2.29. The standard InChI is InChI=1S/C23H23F3N4O/c24-23(25,26)21-12-20(18-5-1-2-6-19(18)30-21)28-13-15-7-9-17(10-8-15)29-22(31)16-4-3-11-27-14-16/h1-6,11-12,14-15,17H,7-10,13H2,(H,28,30)(H,29,31)/t15-,17+. The van der Waals surface area contributed by atoms with Crippen LogP contribution >= 0.6 is 0 Å². The van der Waals surface area contributed by atoms with Gasteiger partial charge in [0.1, 0.15) is 5.69 Å². The minimum absolute atomic E-state index is 0.0996. The predicted molar refractivity (Wildman–Crippen MR) is 113 cm³/mol. The molecule has 1 aliphatic carbocycles. The lowest BCUT2D eigenvalue weighted by Crippen LogP contribution is -2.38. The number of nitrogens with zero attached hydrogens (tertiary/aromatic N) is 2. The molecule has 1 saturated carbocycles. The summed E-state index contributed by atoms with van der Waals surface area (Å²) in [5, 5.41) is 6.93. The predicted octanol–water partition coefficient (Wildman–Crippen LogP) is 5.05. The van der Waals surface area contributed by atoms with Gasteiger partial charge in [-0.2, -0.15) is 13.2 Å². The van der Waals surface area contributed by atoms with Crippen molar-refractivity contribution in [1.29, 1.82) is 0 Å². The van der Waals surface area contributed by atoms with Crippen LogP contribution in [0.5, 0.6) is 0 Å². The Labute approximate surface area is 178 Å². The molecule has 5 nitrogen and oxygen atoms in total. The van der Waals surface area contributed by atoms with E-state index in [2.05, 4.69) is 20.6 Å². The Kier molecular flexibility index (Phi) is 6.06. The molecule has 0 aliphatic heterocycles. The molecule has 1 amide bonds. The summed E-state index contributed by atoms with van der Waals surface area (Å²) >= 11 is 0. The van der Waals surface area contributed by atoms with Crippen LogP contribution < -0.4 is 10.6 Å². The molecular weight excluding hydrogens is 405 g/mol. The fourth-order valence-electron chi connectivity index (χ4n) is 4.00. The molecular formula is C23H23F3N4O. The number of benzene rings is 1. The molecule has 0 bridgehead atoms. The van der Waals surface area contributed by atoms with Crippen LogP contribution in [0.25, 0.3) is 10.9 Å². The summed E-state index contributed by atoms with van der Waals surface area (Å²) in [6.07, 6.45) is 2.12. The summed E-state index contributed by atoms with van der Waals surface area (Å²) in [5.41, 5.74) is 0.415. The quantitative estimate of drug-likeness (QED) is 0.597. The number of fused-ring (bicyclic) bond motifs is 1. The number of para-hydroxylation sites is 1. The van der Waals surface area contributed by atoms with Crippen LogP contribution in [0.2, 0.25) is 0 Å². The van der Waals surface area contributed by atoms with Crippen LogP contribution in [-0.2, 0) is 6.18 Å². The molecule has 0 atom stereocenters. The lowest BCUT2D eigenvalue weighted by molar-refractivity contribution is -0.140. The topological polar surface area (TPSA) is 66.9 Å². The van der Waals surface area contributed by atoms with Gasteiger partial charge in [-0.25, -0.2) is 4.98 Å². The second-order valence-corrected chi connectivity index (χ2v) is 7.88. The van der Waals surface area contributed by atoms with Crippen LogP contribution in [0.1, 0.15) is 41.7 Å². The first kappa shape index (κ1) is 21.1. The van der Waals surface area contributed by atoms with E-state index in [9.17, 15) is 18.0 Å². The van der Waals surface area contributed by atoms with Gasteiger partial charge in [-0.3, -0.25) is 9.78 Å². The first-order chi connectivity index (χ1) is 14.9. The summed E-state index contributed by atoms with van der Waals surface area (Å²) in [5.74, 6) is 0.199. The Balaban J connectivity index is 1.36. The number of aromatic nitrogens is 2. The van der Waals surface area contributed by atoms with Crippen molar-refractivity contribution in [3.05, 3.63) is 66.1 Å². The van der Waals surface area contributed by atoms with Gasteiger partial charge in [0.15, 0.2) is 0 Å². The third-order valence-corrected chi connectivity index (χ3v) is 5.69. The van der Waals surface area contributed by atoms with Gasteiger partial charge >= 0.3 is 6.18 Å². The number of hydrogen-bond acceptors (Lipinski definition) is 4. The van der Waals surface area contributed by atoms with Gasteiger partial charge in [0.05, 0.1) is 11.1 Å². The maximum Gasteiger partial charge on any atom is 0.433 e. The maximum absolute atomic E-state index is 13.2. The highest BCUT2D eigenvalue weighted by atomic mass is 19.4. The highest BCUT2D eigenvalue weighted by molar-refractivity contribution is 5.94. The number of nitrogens with one attached hydrogen (secondary N) is 2. The van der Waals surface area contributed by atoms with Gasteiger partial charge in [-0.05, 0) is 55.9 Å². The van der Waals surface area contributed by atoms with Crippen molar-refractivity contribution < 1.29 is 18.0 Å². The molecule has 4 rings (SSSR count). The van der Waals surface area contributed by atoms with Gasteiger partial charge in [0.2, 0.25) is 0 Å². The molecule has 1 aliphatic rings. The molecule has 1 aromatic carbocycles. The summed E-state index contributed by atoms with van der Waals surface area (Å²) in [7, 11) is 0. The molecule has 0 radical (unpaired) electrons. The smallest absolute Gasteiger partial charge is 0.384 e. The van der Waals surface area contributed by atoms with Gasteiger partial charge in [-0.15, -0.1) is 0 Å². The minimum Gasteiger partial charge on any atom is -0.384 e. The fourth-order valence-corrected chi connectivity index (χ4v) is 4.00. The van der Waals surface area contributed by atoms with E-state index < -0.39 is 11.9 Å². The Morgan fingerprint density at radius 3 is 2.55 bits per heavy atom. The summed E-state index contributed by atoms with van der Waals surface area (Å²) in [6, 6.07) is 11.5. The number of carbonyl (C=O) groups is 1. The number of anilines is 1. The largest absolute Gasteiger partial charge is 0.433 e. The van der Waals surface area contributed by atoms with Crippen molar-refractivity contribution in [3.63, 3.8) is 0 Å². The number of carbonyl (C=O) groups excluding carboxylic acids is 1. The summed E-state index contributed by atoms with van der Waals surface area (Å²) in [4.78, 5) is 20.0. The van der Waals surface area contributed by atoms with Gasteiger partial charge < -0.3 is 10.6 Å². The van der Waals surface area contributed by atoms with E-state index in [1.807, 2.05) is 0 Å².